The maximum Gasteiger partial charge on any atom is 0.131 e. The van der Waals surface area contributed by atoms with Crippen LogP contribution in [0.3, 0.4) is 0 Å². The minimum absolute atomic E-state index is 0.732. The Balaban J connectivity index is 2.39. The van der Waals surface area contributed by atoms with Crippen molar-refractivity contribution in [2.24, 2.45) is 5.92 Å². The molecule has 1 atom stereocenters. The van der Waals surface area contributed by atoms with Crippen LogP contribution in [0, 0.1) is 5.92 Å². The lowest BCUT2D eigenvalue weighted by atomic mass is 9.97. The molecule has 1 fully saturated rings. The van der Waals surface area contributed by atoms with E-state index >= 15 is 0 Å². The van der Waals surface area contributed by atoms with Gasteiger partial charge in [0.05, 0.1) is 6.26 Å². The molecular formula is C10H11NO. The third-order valence-electron chi connectivity index (χ3n) is 2.79. The molecule has 0 saturated carbocycles. The van der Waals surface area contributed by atoms with Gasteiger partial charge in [-0.3, -0.25) is 0 Å². The van der Waals surface area contributed by atoms with Crippen molar-refractivity contribution in [3.63, 3.8) is 0 Å². The number of nitrogens with one attached hydrogen (secondary N) is 1. The van der Waals surface area contributed by atoms with E-state index in [0.29, 0.717) is 0 Å². The summed E-state index contributed by atoms with van der Waals surface area (Å²) in [6.45, 7) is 1.12. The van der Waals surface area contributed by atoms with E-state index in [1.54, 1.807) is 6.26 Å². The molecule has 3 rings (SSSR count). The molecule has 1 N–H and O–H groups in total. The highest BCUT2D eigenvalue weighted by molar-refractivity contribution is 5.52. The van der Waals surface area contributed by atoms with E-state index in [1.807, 2.05) is 0 Å². The smallest absolute Gasteiger partial charge is 0.131 e. The maximum atomic E-state index is 5.35. The van der Waals surface area contributed by atoms with Gasteiger partial charge in [-0.2, -0.15) is 0 Å². The van der Waals surface area contributed by atoms with Crippen LogP contribution in [0.15, 0.2) is 16.7 Å². The van der Waals surface area contributed by atoms with Crippen molar-refractivity contribution >= 4 is 11.8 Å². The molecule has 2 aliphatic rings. The molecular weight excluding hydrogens is 150 g/mol. The topological polar surface area (TPSA) is 25.2 Å². The minimum Gasteiger partial charge on any atom is -0.465 e. The Kier molecular flexibility index (Phi) is 1.14. The van der Waals surface area contributed by atoms with E-state index < -0.39 is 0 Å². The fourth-order valence-corrected chi connectivity index (χ4v) is 2.17. The molecule has 1 unspecified atom stereocenters. The monoisotopic (exact) mass is 161 g/mol. The Morgan fingerprint density at radius 1 is 1.50 bits per heavy atom. The SMILES string of the molecule is C1=c2occc2=C2NCCC2C1. The van der Waals surface area contributed by atoms with Crippen LogP contribution in [0.1, 0.15) is 12.8 Å². The van der Waals surface area contributed by atoms with Crippen LogP contribution >= 0.6 is 0 Å². The normalized spacial score (nSPS) is 25.7. The quantitative estimate of drug-likeness (QED) is 0.587. The zero-order valence-electron chi connectivity index (χ0n) is 6.84. The first kappa shape index (κ1) is 6.35. The molecule has 0 amide bonds. The lowest BCUT2D eigenvalue weighted by Crippen LogP contribution is -2.31. The molecule has 2 heteroatoms. The molecule has 0 spiro atoms. The molecule has 1 aromatic heterocycles. The molecule has 0 bridgehead atoms. The third-order valence-corrected chi connectivity index (χ3v) is 2.79. The van der Waals surface area contributed by atoms with Crippen molar-refractivity contribution in [1.29, 1.82) is 0 Å². The van der Waals surface area contributed by atoms with Crippen LogP contribution in [-0.2, 0) is 0 Å². The van der Waals surface area contributed by atoms with Crippen molar-refractivity contribution in [3.05, 3.63) is 23.0 Å². The fraction of sp³-hybridized carbons (Fsp3) is 0.400. The van der Waals surface area contributed by atoms with Crippen molar-refractivity contribution in [3.8, 4) is 0 Å². The number of furan rings is 1. The van der Waals surface area contributed by atoms with Crippen LogP contribution in [-0.4, -0.2) is 6.54 Å². The molecule has 12 heavy (non-hydrogen) atoms. The Morgan fingerprint density at radius 2 is 2.50 bits per heavy atom. The predicted molar refractivity (Wildman–Crippen MR) is 46.6 cm³/mol. The highest BCUT2D eigenvalue weighted by Gasteiger charge is 2.23. The van der Waals surface area contributed by atoms with Crippen LogP contribution in [0.2, 0.25) is 0 Å². The molecule has 62 valence electrons. The predicted octanol–water partition coefficient (Wildman–Crippen LogP) is 0.181. The lowest BCUT2D eigenvalue weighted by molar-refractivity contribution is 0.523. The van der Waals surface area contributed by atoms with Crippen molar-refractivity contribution in [1.82, 2.24) is 5.32 Å². The summed E-state index contributed by atoms with van der Waals surface area (Å²) in [5.74, 6) is 0.732. The van der Waals surface area contributed by atoms with Gasteiger partial charge in [-0.05, 0) is 25.0 Å². The summed E-state index contributed by atoms with van der Waals surface area (Å²) in [7, 11) is 0. The van der Waals surface area contributed by atoms with Gasteiger partial charge in [-0.25, -0.2) is 0 Å². The molecule has 1 saturated heterocycles. The van der Waals surface area contributed by atoms with Gasteiger partial charge in [-0.1, -0.05) is 0 Å². The number of hydrogen-bond acceptors (Lipinski definition) is 2. The summed E-state index contributed by atoms with van der Waals surface area (Å²) in [6, 6.07) is 2.06. The second-order valence-electron chi connectivity index (χ2n) is 3.46. The first-order valence-corrected chi connectivity index (χ1v) is 4.47. The average molecular weight is 161 g/mol. The fourth-order valence-electron chi connectivity index (χ4n) is 2.17. The molecule has 2 heterocycles. The van der Waals surface area contributed by atoms with E-state index in [-0.39, 0.29) is 0 Å². The Morgan fingerprint density at radius 3 is 3.50 bits per heavy atom. The van der Waals surface area contributed by atoms with Gasteiger partial charge in [0.2, 0.25) is 0 Å². The molecule has 1 aromatic rings. The molecule has 1 aliphatic heterocycles. The van der Waals surface area contributed by atoms with Gasteiger partial charge < -0.3 is 9.73 Å². The summed E-state index contributed by atoms with van der Waals surface area (Å²) in [5, 5.41) is 4.72. The van der Waals surface area contributed by atoms with E-state index in [9.17, 15) is 0 Å². The zero-order valence-corrected chi connectivity index (χ0v) is 6.84. The summed E-state index contributed by atoms with van der Waals surface area (Å²) in [4.78, 5) is 0. The Labute approximate surface area is 70.6 Å². The van der Waals surface area contributed by atoms with Gasteiger partial charge in [0.15, 0.2) is 0 Å². The first-order valence-electron chi connectivity index (χ1n) is 4.47. The highest BCUT2D eigenvalue weighted by atomic mass is 16.3. The van der Waals surface area contributed by atoms with Gasteiger partial charge in [-0.15, -0.1) is 0 Å². The second-order valence-corrected chi connectivity index (χ2v) is 3.46. The number of hydrogen-bond donors (Lipinski definition) is 1. The highest BCUT2D eigenvalue weighted by Crippen LogP contribution is 2.24. The van der Waals surface area contributed by atoms with Gasteiger partial charge in [0.25, 0.3) is 0 Å². The zero-order chi connectivity index (χ0) is 7.97. The largest absolute Gasteiger partial charge is 0.465 e. The van der Waals surface area contributed by atoms with Crippen molar-refractivity contribution in [2.75, 3.05) is 6.54 Å². The van der Waals surface area contributed by atoms with Crippen LogP contribution in [0.25, 0.3) is 11.8 Å². The summed E-state index contributed by atoms with van der Waals surface area (Å²) >= 11 is 0. The van der Waals surface area contributed by atoms with Crippen molar-refractivity contribution in [2.45, 2.75) is 12.8 Å². The maximum absolute atomic E-state index is 5.35. The van der Waals surface area contributed by atoms with Gasteiger partial charge in [0.1, 0.15) is 5.42 Å². The summed E-state index contributed by atoms with van der Waals surface area (Å²) < 4.78 is 5.35. The van der Waals surface area contributed by atoms with E-state index in [0.717, 1.165) is 24.3 Å². The minimum atomic E-state index is 0.732. The van der Waals surface area contributed by atoms with Crippen LogP contribution in [0.4, 0.5) is 0 Å². The Bertz CT molecular complexity index is 415. The average Bonchev–Trinajstić information content (AvgIpc) is 2.71. The molecule has 1 aliphatic carbocycles. The standard InChI is InChI=1S/C10H11NO/c1-2-9-8(4-6-12-9)10-7(1)3-5-11-10/h2,4,6-7,11H,1,3,5H2. The Hall–Kier alpha value is -1.18. The molecule has 2 nitrogen and oxygen atoms in total. The first-order chi connectivity index (χ1) is 5.95. The third kappa shape index (κ3) is 0.697. The van der Waals surface area contributed by atoms with E-state index in [1.165, 1.54) is 17.3 Å². The summed E-state index contributed by atoms with van der Waals surface area (Å²) in [6.07, 6.45) is 6.40. The van der Waals surface area contributed by atoms with Crippen LogP contribution < -0.4 is 16.0 Å². The lowest BCUT2D eigenvalue weighted by Gasteiger charge is -2.10. The number of fused-ring (bicyclic) bond motifs is 2. The van der Waals surface area contributed by atoms with E-state index in [4.69, 9.17) is 4.42 Å². The molecule has 0 radical (unpaired) electrons. The van der Waals surface area contributed by atoms with Gasteiger partial charge >= 0.3 is 0 Å². The second kappa shape index (κ2) is 2.16. The van der Waals surface area contributed by atoms with Crippen LogP contribution in [0.5, 0.6) is 0 Å². The summed E-state index contributed by atoms with van der Waals surface area (Å²) in [5.41, 5.74) is 2.46. The number of rotatable bonds is 0. The van der Waals surface area contributed by atoms with Crippen molar-refractivity contribution < 1.29 is 4.42 Å². The van der Waals surface area contributed by atoms with E-state index in [2.05, 4.69) is 17.5 Å². The molecule has 0 aromatic carbocycles. The van der Waals surface area contributed by atoms with Gasteiger partial charge in [0, 0.05) is 23.4 Å².